The summed E-state index contributed by atoms with van der Waals surface area (Å²) in [6.45, 7) is 17.9. The van der Waals surface area contributed by atoms with Crippen molar-refractivity contribution in [2.45, 2.75) is 112 Å². The molecule has 2 fully saturated rings. The van der Waals surface area contributed by atoms with Gasteiger partial charge < -0.3 is 19.9 Å². The molecule has 2 aliphatic rings. The molecule has 2 aliphatic heterocycles. The summed E-state index contributed by atoms with van der Waals surface area (Å²) in [7, 11) is 1.75. The summed E-state index contributed by atoms with van der Waals surface area (Å²) in [6, 6.07) is -0.958. The van der Waals surface area contributed by atoms with E-state index in [1.54, 1.807) is 30.7 Å². The van der Waals surface area contributed by atoms with Gasteiger partial charge in [0.05, 0.1) is 24.6 Å². The van der Waals surface area contributed by atoms with Crippen LogP contribution in [0.15, 0.2) is 11.6 Å². The lowest BCUT2D eigenvalue weighted by Gasteiger charge is -2.39. The van der Waals surface area contributed by atoms with Gasteiger partial charge in [0.25, 0.3) is 0 Å². The van der Waals surface area contributed by atoms with E-state index in [4.69, 9.17) is 4.74 Å². The van der Waals surface area contributed by atoms with E-state index in [2.05, 4.69) is 24.1 Å². The minimum atomic E-state index is -0.661. The van der Waals surface area contributed by atoms with Crippen molar-refractivity contribution in [2.75, 3.05) is 33.3 Å². The van der Waals surface area contributed by atoms with Gasteiger partial charge in [-0.15, -0.1) is 0 Å². The maximum absolute atomic E-state index is 13.8. The Morgan fingerprint density at radius 2 is 1.65 bits per heavy atom. The number of amides is 3. The second kappa shape index (κ2) is 15.5. The van der Waals surface area contributed by atoms with Crippen LogP contribution in [-0.4, -0.2) is 95.8 Å². The number of rotatable bonds is 11. The molecule has 40 heavy (non-hydrogen) atoms. The van der Waals surface area contributed by atoms with E-state index in [1.807, 2.05) is 33.8 Å². The zero-order valence-corrected chi connectivity index (χ0v) is 26.4. The van der Waals surface area contributed by atoms with Crippen LogP contribution in [0, 0.1) is 17.8 Å². The molecule has 1 unspecified atom stereocenters. The molecule has 0 bridgehead atoms. The molecule has 9 heteroatoms. The molecule has 1 N–H and O–H groups in total. The van der Waals surface area contributed by atoms with Crippen LogP contribution in [0.2, 0.25) is 0 Å². The normalized spacial score (nSPS) is 22.3. The highest BCUT2D eigenvalue weighted by Crippen LogP contribution is 2.23. The first-order chi connectivity index (χ1) is 18.8. The van der Waals surface area contributed by atoms with Crippen LogP contribution < -0.4 is 5.32 Å². The van der Waals surface area contributed by atoms with Gasteiger partial charge in [0, 0.05) is 31.8 Å². The number of hydrogen-bond acceptors (Lipinski definition) is 6. The number of nitrogens with one attached hydrogen (secondary N) is 1. The number of hydrogen-bond donors (Lipinski definition) is 1. The lowest BCUT2D eigenvalue weighted by molar-refractivity contribution is -0.151. The number of likely N-dealkylation sites (tertiary alicyclic amines) is 2. The van der Waals surface area contributed by atoms with Crippen molar-refractivity contribution in [3.8, 4) is 0 Å². The summed E-state index contributed by atoms with van der Waals surface area (Å²) in [4.78, 5) is 58.5. The zero-order chi connectivity index (χ0) is 30.1. The molecule has 2 rings (SSSR count). The van der Waals surface area contributed by atoms with E-state index in [-0.39, 0.29) is 59.6 Å². The first-order valence-electron chi connectivity index (χ1n) is 15.3. The van der Waals surface area contributed by atoms with Gasteiger partial charge in [0.15, 0.2) is 0 Å². The van der Waals surface area contributed by atoms with Crippen molar-refractivity contribution in [2.24, 2.45) is 17.8 Å². The number of ether oxygens (including phenoxy) is 1. The molecule has 4 atom stereocenters. The fourth-order valence-corrected chi connectivity index (χ4v) is 5.93. The number of likely N-dealkylation sites (N-methyl/N-ethyl adjacent to an activating group) is 1. The zero-order valence-electron chi connectivity index (χ0n) is 26.4. The summed E-state index contributed by atoms with van der Waals surface area (Å²) in [5.41, 5.74) is 0.544. The second-order valence-electron chi connectivity index (χ2n) is 12.4. The minimum absolute atomic E-state index is 0.0450. The van der Waals surface area contributed by atoms with Gasteiger partial charge in [-0.2, -0.15) is 0 Å². The fraction of sp³-hybridized carbons (Fsp3) is 0.806. The summed E-state index contributed by atoms with van der Waals surface area (Å²) in [5, 5.41) is 3.09. The number of carbonyl (C=O) groups is 4. The highest BCUT2D eigenvalue weighted by Gasteiger charge is 2.36. The lowest BCUT2D eigenvalue weighted by atomic mass is 9.95. The molecular weight excluding hydrogens is 508 g/mol. The molecule has 0 aromatic carbocycles. The Labute approximate surface area is 242 Å². The second-order valence-corrected chi connectivity index (χ2v) is 12.4. The SMILES string of the molecule is CCOC(=O)C1CCCN(C(=O)C(C)=C[C@H](C(C)C)N(C)C(=O)[C@@H](NC(=O)[C@H]2CCCCN2C(C)C)C(C)C)C1. The highest BCUT2D eigenvalue weighted by atomic mass is 16.5. The van der Waals surface area contributed by atoms with E-state index in [1.165, 1.54) is 0 Å². The first kappa shape index (κ1) is 33.8. The van der Waals surface area contributed by atoms with Crippen molar-refractivity contribution in [1.82, 2.24) is 20.0 Å². The van der Waals surface area contributed by atoms with Gasteiger partial charge in [-0.25, -0.2) is 0 Å². The van der Waals surface area contributed by atoms with Crippen molar-refractivity contribution in [1.29, 1.82) is 0 Å². The molecule has 0 aliphatic carbocycles. The average molecular weight is 563 g/mol. The fourth-order valence-electron chi connectivity index (χ4n) is 5.93. The maximum Gasteiger partial charge on any atom is 0.310 e. The van der Waals surface area contributed by atoms with Gasteiger partial charge >= 0.3 is 5.97 Å². The third kappa shape index (κ3) is 8.79. The van der Waals surface area contributed by atoms with Crippen LogP contribution in [0.25, 0.3) is 0 Å². The van der Waals surface area contributed by atoms with E-state index < -0.39 is 6.04 Å². The molecule has 2 saturated heterocycles. The Morgan fingerprint density at radius 3 is 2.23 bits per heavy atom. The van der Waals surface area contributed by atoms with Gasteiger partial charge in [0.1, 0.15) is 6.04 Å². The van der Waals surface area contributed by atoms with Gasteiger partial charge in [0.2, 0.25) is 17.7 Å². The summed E-state index contributed by atoms with van der Waals surface area (Å²) < 4.78 is 5.18. The van der Waals surface area contributed by atoms with Crippen LogP contribution in [0.5, 0.6) is 0 Å². The lowest BCUT2D eigenvalue weighted by Crippen LogP contribution is -2.58. The standard InChI is InChI=1S/C31H54N4O5/c1-10-40-31(39)24-14-13-16-34(19-24)29(37)23(8)18-26(20(2)3)33(9)30(38)27(21(4)5)32-28(36)25-15-11-12-17-35(25)22(6)7/h18,20-22,24-27H,10-17,19H2,1-9H3,(H,32,36)/t24?,25-,26-,27+/m1/s1. The van der Waals surface area contributed by atoms with Crippen LogP contribution in [0.3, 0.4) is 0 Å². The van der Waals surface area contributed by atoms with Crippen molar-refractivity contribution >= 4 is 23.7 Å². The topological polar surface area (TPSA) is 99.3 Å². The predicted molar refractivity (Wildman–Crippen MR) is 157 cm³/mol. The molecule has 9 nitrogen and oxygen atoms in total. The Bertz CT molecular complexity index is 915. The average Bonchev–Trinajstić information content (AvgIpc) is 2.92. The van der Waals surface area contributed by atoms with E-state index in [0.29, 0.717) is 25.3 Å². The molecular formula is C31H54N4O5. The quantitative estimate of drug-likeness (QED) is 0.305. The van der Waals surface area contributed by atoms with Gasteiger partial charge in [-0.1, -0.05) is 40.2 Å². The monoisotopic (exact) mass is 562 g/mol. The molecule has 0 aromatic rings. The number of nitrogens with zero attached hydrogens (tertiary/aromatic N) is 3. The van der Waals surface area contributed by atoms with Crippen molar-refractivity contribution in [3.63, 3.8) is 0 Å². The van der Waals surface area contributed by atoms with Crippen LogP contribution in [-0.2, 0) is 23.9 Å². The number of piperidine rings is 2. The van der Waals surface area contributed by atoms with Crippen molar-refractivity contribution < 1.29 is 23.9 Å². The van der Waals surface area contributed by atoms with E-state index in [0.717, 1.165) is 38.6 Å². The predicted octanol–water partition coefficient (Wildman–Crippen LogP) is 3.62. The van der Waals surface area contributed by atoms with Gasteiger partial charge in [-0.05, 0) is 71.8 Å². The number of carbonyl (C=O) groups excluding carboxylic acids is 4. The largest absolute Gasteiger partial charge is 0.466 e. The Hall–Kier alpha value is -2.42. The summed E-state index contributed by atoms with van der Waals surface area (Å²) in [5.74, 6) is -0.976. The van der Waals surface area contributed by atoms with Crippen molar-refractivity contribution in [3.05, 3.63) is 11.6 Å². The number of esters is 1. The van der Waals surface area contributed by atoms with Crippen LogP contribution in [0.4, 0.5) is 0 Å². The van der Waals surface area contributed by atoms with E-state index in [9.17, 15) is 19.2 Å². The Morgan fingerprint density at radius 1 is 0.975 bits per heavy atom. The van der Waals surface area contributed by atoms with Gasteiger partial charge in [-0.3, -0.25) is 24.1 Å². The Kier molecular flexibility index (Phi) is 13.1. The van der Waals surface area contributed by atoms with Crippen LogP contribution in [0.1, 0.15) is 87.5 Å². The molecule has 2 heterocycles. The molecule has 0 aromatic heterocycles. The highest BCUT2D eigenvalue weighted by molar-refractivity contribution is 5.94. The third-order valence-corrected chi connectivity index (χ3v) is 8.31. The molecule has 228 valence electrons. The smallest absolute Gasteiger partial charge is 0.310 e. The molecule has 0 spiro atoms. The Balaban J connectivity index is 2.17. The summed E-state index contributed by atoms with van der Waals surface area (Å²) in [6.07, 6.45) is 6.21. The first-order valence-corrected chi connectivity index (χ1v) is 15.3. The summed E-state index contributed by atoms with van der Waals surface area (Å²) >= 11 is 0. The van der Waals surface area contributed by atoms with E-state index >= 15 is 0 Å². The van der Waals surface area contributed by atoms with Crippen LogP contribution >= 0.6 is 0 Å². The minimum Gasteiger partial charge on any atom is -0.466 e. The molecule has 3 amide bonds. The maximum atomic E-state index is 13.8. The third-order valence-electron chi connectivity index (χ3n) is 8.31. The molecule has 0 radical (unpaired) electrons. The molecule has 0 saturated carbocycles.